The minimum atomic E-state index is 0.423. The van der Waals surface area contributed by atoms with Crippen LogP contribution in [-0.2, 0) is 0 Å². The van der Waals surface area contributed by atoms with E-state index in [2.05, 4.69) is 9.97 Å². The van der Waals surface area contributed by atoms with Crippen LogP contribution in [-0.4, -0.2) is 17.1 Å². The van der Waals surface area contributed by atoms with Gasteiger partial charge in [0.25, 0.3) is 0 Å². The molecule has 1 aromatic carbocycles. The van der Waals surface area contributed by atoms with E-state index in [0.29, 0.717) is 5.15 Å². The number of para-hydroxylation sites is 1. The number of pyridine rings is 2. The highest BCUT2D eigenvalue weighted by atomic mass is 35.5. The molecule has 0 atom stereocenters. The van der Waals surface area contributed by atoms with E-state index in [-0.39, 0.29) is 0 Å². The average molecular weight is 271 g/mol. The van der Waals surface area contributed by atoms with Gasteiger partial charge in [-0.05, 0) is 24.3 Å². The van der Waals surface area contributed by atoms with Crippen LogP contribution in [0.2, 0.25) is 5.15 Å². The van der Waals surface area contributed by atoms with Gasteiger partial charge in [0.05, 0.1) is 18.3 Å². The molecule has 2 heterocycles. The monoisotopic (exact) mass is 270 g/mol. The zero-order valence-corrected chi connectivity index (χ0v) is 11.1. The number of benzene rings is 1. The summed E-state index contributed by atoms with van der Waals surface area (Å²) in [5.41, 5.74) is 2.52. The highest BCUT2D eigenvalue weighted by molar-refractivity contribution is 6.30. The first kappa shape index (κ1) is 11.9. The Morgan fingerprint density at radius 3 is 2.79 bits per heavy atom. The van der Waals surface area contributed by atoms with E-state index in [4.69, 9.17) is 16.3 Å². The number of hydrogen-bond acceptors (Lipinski definition) is 3. The Morgan fingerprint density at radius 1 is 1.11 bits per heavy atom. The summed E-state index contributed by atoms with van der Waals surface area (Å²) in [6.07, 6.45) is 1.74. The lowest BCUT2D eigenvalue weighted by molar-refractivity contribution is 0.416. The summed E-state index contributed by atoms with van der Waals surface area (Å²) >= 11 is 6.08. The van der Waals surface area contributed by atoms with Crippen molar-refractivity contribution >= 4 is 22.5 Å². The summed E-state index contributed by atoms with van der Waals surface area (Å²) in [5, 5.41) is 1.38. The van der Waals surface area contributed by atoms with Crippen LogP contribution >= 0.6 is 11.6 Å². The van der Waals surface area contributed by atoms with Gasteiger partial charge in [-0.3, -0.25) is 4.98 Å². The second-order valence-corrected chi connectivity index (χ2v) is 4.45. The number of methoxy groups -OCH3 is 1. The molecule has 0 saturated heterocycles. The Morgan fingerprint density at radius 2 is 1.95 bits per heavy atom. The molecule has 3 rings (SSSR count). The Kier molecular flexibility index (Phi) is 3.05. The lowest BCUT2D eigenvalue weighted by Gasteiger charge is -2.10. The van der Waals surface area contributed by atoms with Gasteiger partial charge in [0, 0.05) is 23.2 Å². The lowest BCUT2D eigenvalue weighted by Crippen LogP contribution is -1.92. The molecule has 0 aliphatic carbocycles. The van der Waals surface area contributed by atoms with Crippen LogP contribution in [0.4, 0.5) is 0 Å². The van der Waals surface area contributed by atoms with Crippen LogP contribution in [0.1, 0.15) is 0 Å². The largest absolute Gasteiger partial charge is 0.496 e. The van der Waals surface area contributed by atoms with E-state index in [1.54, 1.807) is 19.4 Å². The number of aromatic nitrogens is 2. The third-order valence-electron chi connectivity index (χ3n) is 2.93. The van der Waals surface area contributed by atoms with Gasteiger partial charge in [-0.1, -0.05) is 23.7 Å². The summed E-state index contributed by atoms with van der Waals surface area (Å²) in [6, 6.07) is 13.4. The molecule has 3 nitrogen and oxygen atoms in total. The zero-order chi connectivity index (χ0) is 13.2. The van der Waals surface area contributed by atoms with Crippen LogP contribution < -0.4 is 4.74 Å². The van der Waals surface area contributed by atoms with E-state index >= 15 is 0 Å². The van der Waals surface area contributed by atoms with E-state index in [0.717, 1.165) is 27.9 Å². The smallest absolute Gasteiger partial charge is 0.131 e. The van der Waals surface area contributed by atoms with Crippen molar-refractivity contribution in [1.82, 2.24) is 9.97 Å². The second-order valence-electron chi connectivity index (χ2n) is 4.06. The van der Waals surface area contributed by atoms with Crippen LogP contribution in [0.3, 0.4) is 0 Å². The molecule has 0 bridgehead atoms. The molecule has 0 fully saturated rings. The topological polar surface area (TPSA) is 35.0 Å². The van der Waals surface area contributed by atoms with Crippen molar-refractivity contribution in [3.8, 4) is 17.0 Å². The van der Waals surface area contributed by atoms with Crippen molar-refractivity contribution < 1.29 is 4.74 Å². The molecule has 3 aromatic rings. The molecule has 0 spiro atoms. The normalized spacial score (nSPS) is 10.6. The highest BCUT2D eigenvalue weighted by Gasteiger charge is 2.12. The first-order chi connectivity index (χ1) is 9.29. The molecular weight excluding hydrogens is 260 g/mol. The van der Waals surface area contributed by atoms with Gasteiger partial charge < -0.3 is 4.74 Å². The molecular formula is C15H11ClN2O. The first-order valence-corrected chi connectivity index (χ1v) is 6.22. The molecule has 94 valence electrons. The number of hydrogen-bond donors (Lipinski definition) is 0. The second kappa shape index (κ2) is 4.86. The SMILES string of the molecule is COc1ccccc1-c1nc(Cl)cc2ncccc12. The number of halogens is 1. The molecule has 0 unspecified atom stereocenters. The van der Waals surface area contributed by atoms with Crippen LogP contribution in [0.15, 0.2) is 48.7 Å². The van der Waals surface area contributed by atoms with E-state index in [1.807, 2.05) is 36.4 Å². The van der Waals surface area contributed by atoms with E-state index in [1.165, 1.54) is 0 Å². The molecule has 19 heavy (non-hydrogen) atoms. The third-order valence-corrected chi connectivity index (χ3v) is 3.12. The van der Waals surface area contributed by atoms with Gasteiger partial charge in [-0.25, -0.2) is 4.98 Å². The van der Waals surface area contributed by atoms with Crippen molar-refractivity contribution in [1.29, 1.82) is 0 Å². The summed E-state index contributed by atoms with van der Waals surface area (Å²) in [4.78, 5) is 8.74. The van der Waals surface area contributed by atoms with Crippen molar-refractivity contribution in [2.45, 2.75) is 0 Å². The fraction of sp³-hybridized carbons (Fsp3) is 0.0667. The molecule has 0 aliphatic heterocycles. The minimum Gasteiger partial charge on any atom is -0.496 e. The van der Waals surface area contributed by atoms with Gasteiger partial charge in [0.1, 0.15) is 10.9 Å². The number of ether oxygens (including phenoxy) is 1. The Bertz CT molecular complexity index is 743. The summed E-state index contributed by atoms with van der Waals surface area (Å²) < 4.78 is 5.39. The summed E-state index contributed by atoms with van der Waals surface area (Å²) in [7, 11) is 1.64. The van der Waals surface area contributed by atoms with Crippen LogP contribution in [0.25, 0.3) is 22.2 Å². The Labute approximate surface area is 115 Å². The lowest BCUT2D eigenvalue weighted by atomic mass is 10.1. The predicted octanol–water partition coefficient (Wildman–Crippen LogP) is 3.96. The van der Waals surface area contributed by atoms with Crippen molar-refractivity contribution in [3.63, 3.8) is 0 Å². The van der Waals surface area contributed by atoms with Gasteiger partial charge in [-0.2, -0.15) is 0 Å². The predicted molar refractivity (Wildman–Crippen MR) is 76.5 cm³/mol. The third kappa shape index (κ3) is 2.13. The maximum Gasteiger partial charge on any atom is 0.131 e. The van der Waals surface area contributed by atoms with Crippen molar-refractivity contribution in [2.24, 2.45) is 0 Å². The standard InChI is InChI=1S/C15H11ClN2O/c1-19-13-7-3-2-5-11(13)15-10-6-4-8-17-12(10)9-14(16)18-15/h2-9H,1H3. The van der Waals surface area contributed by atoms with E-state index in [9.17, 15) is 0 Å². The molecule has 0 radical (unpaired) electrons. The van der Waals surface area contributed by atoms with Crippen LogP contribution in [0, 0.1) is 0 Å². The maximum absolute atomic E-state index is 6.08. The Hall–Kier alpha value is -2.13. The summed E-state index contributed by atoms with van der Waals surface area (Å²) in [5.74, 6) is 0.766. The van der Waals surface area contributed by atoms with Gasteiger partial charge in [-0.15, -0.1) is 0 Å². The van der Waals surface area contributed by atoms with Gasteiger partial charge in [0.15, 0.2) is 0 Å². The van der Waals surface area contributed by atoms with Crippen molar-refractivity contribution in [2.75, 3.05) is 7.11 Å². The van der Waals surface area contributed by atoms with Gasteiger partial charge in [0.2, 0.25) is 0 Å². The first-order valence-electron chi connectivity index (χ1n) is 5.84. The fourth-order valence-corrected chi connectivity index (χ4v) is 2.28. The fourth-order valence-electron chi connectivity index (χ4n) is 2.09. The molecule has 4 heteroatoms. The molecule has 0 aliphatic rings. The highest BCUT2D eigenvalue weighted by Crippen LogP contribution is 2.33. The number of rotatable bonds is 2. The summed E-state index contributed by atoms with van der Waals surface area (Å²) in [6.45, 7) is 0. The molecule has 0 amide bonds. The molecule has 0 saturated carbocycles. The quantitative estimate of drug-likeness (QED) is 0.661. The zero-order valence-electron chi connectivity index (χ0n) is 10.3. The minimum absolute atomic E-state index is 0.423. The molecule has 0 N–H and O–H groups in total. The van der Waals surface area contributed by atoms with Crippen molar-refractivity contribution in [3.05, 3.63) is 53.8 Å². The number of fused-ring (bicyclic) bond motifs is 1. The van der Waals surface area contributed by atoms with Gasteiger partial charge >= 0.3 is 0 Å². The average Bonchev–Trinajstić information content (AvgIpc) is 2.46. The number of nitrogens with zero attached hydrogens (tertiary/aromatic N) is 2. The maximum atomic E-state index is 6.08. The molecule has 2 aromatic heterocycles. The van der Waals surface area contributed by atoms with E-state index < -0.39 is 0 Å². The Balaban J connectivity index is 2.36. The van der Waals surface area contributed by atoms with Crippen LogP contribution in [0.5, 0.6) is 5.75 Å².